The Balaban J connectivity index is 2.89. The maximum atomic E-state index is 3.16. The number of pyridine rings is 1. The van der Waals surface area contributed by atoms with Crippen molar-refractivity contribution in [1.29, 1.82) is 0 Å². The summed E-state index contributed by atoms with van der Waals surface area (Å²) in [5, 5.41) is 0. The molecule has 10 heavy (non-hydrogen) atoms. The van der Waals surface area contributed by atoms with Gasteiger partial charge in [0.05, 0.1) is 20.3 Å². The number of H-pyrrole nitrogens is 1. The van der Waals surface area contributed by atoms with Crippen molar-refractivity contribution in [2.24, 2.45) is 0 Å². The SMILES string of the molecule is Cc1ccc(N(C)C)[nH+]c1. The summed E-state index contributed by atoms with van der Waals surface area (Å²) in [7, 11) is 4.03. The van der Waals surface area contributed by atoms with Crippen molar-refractivity contribution in [3.8, 4) is 0 Å². The molecule has 0 fully saturated rings. The Morgan fingerprint density at radius 1 is 1.30 bits per heavy atom. The highest BCUT2D eigenvalue weighted by atomic mass is 15.1. The van der Waals surface area contributed by atoms with E-state index in [1.54, 1.807) is 0 Å². The first-order valence-corrected chi connectivity index (χ1v) is 3.36. The normalized spacial score (nSPS) is 9.50. The third-order valence-electron chi connectivity index (χ3n) is 1.43. The van der Waals surface area contributed by atoms with Crippen molar-refractivity contribution in [2.75, 3.05) is 19.0 Å². The fourth-order valence-electron chi connectivity index (χ4n) is 0.773. The Labute approximate surface area is 61.5 Å². The Morgan fingerprint density at radius 2 is 2.00 bits per heavy atom. The number of hydrogen-bond acceptors (Lipinski definition) is 1. The zero-order chi connectivity index (χ0) is 7.56. The zero-order valence-corrected chi connectivity index (χ0v) is 6.68. The van der Waals surface area contributed by atoms with Crippen LogP contribution in [0.3, 0.4) is 0 Å². The van der Waals surface area contributed by atoms with Crippen LogP contribution < -0.4 is 9.88 Å². The number of rotatable bonds is 1. The van der Waals surface area contributed by atoms with Gasteiger partial charge in [0.15, 0.2) is 0 Å². The third-order valence-corrected chi connectivity index (χ3v) is 1.43. The number of anilines is 1. The minimum Gasteiger partial charge on any atom is -0.267 e. The fraction of sp³-hybridized carbons (Fsp3) is 0.375. The summed E-state index contributed by atoms with van der Waals surface area (Å²) in [5.74, 6) is 1.13. The van der Waals surface area contributed by atoms with Gasteiger partial charge < -0.3 is 0 Å². The topological polar surface area (TPSA) is 17.4 Å². The van der Waals surface area contributed by atoms with Crippen molar-refractivity contribution in [1.82, 2.24) is 0 Å². The van der Waals surface area contributed by atoms with Crippen LogP contribution in [0, 0.1) is 6.92 Å². The van der Waals surface area contributed by atoms with Crippen LogP contribution in [0.2, 0.25) is 0 Å². The molecule has 0 radical (unpaired) electrons. The Bertz CT molecular complexity index is 201. The number of aromatic nitrogens is 1. The smallest absolute Gasteiger partial charge is 0.267 e. The van der Waals surface area contributed by atoms with E-state index in [9.17, 15) is 0 Å². The van der Waals surface area contributed by atoms with E-state index < -0.39 is 0 Å². The van der Waals surface area contributed by atoms with Crippen LogP contribution in [-0.4, -0.2) is 14.1 Å². The average Bonchev–Trinajstić information content (AvgIpc) is 1.88. The van der Waals surface area contributed by atoms with Crippen molar-refractivity contribution < 1.29 is 4.98 Å². The average molecular weight is 137 g/mol. The van der Waals surface area contributed by atoms with Gasteiger partial charge in [0.1, 0.15) is 0 Å². The predicted molar refractivity (Wildman–Crippen MR) is 42.1 cm³/mol. The number of nitrogens with zero attached hydrogens (tertiary/aromatic N) is 1. The van der Waals surface area contributed by atoms with Crippen LogP contribution in [0.5, 0.6) is 0 Å². The summed E-state index contributed by atoms with van der Waals surface area (Å²) < 4.78 is 0. The lowest BCUT2D eigenvalue weighted by Gasteiger charge is -2.01. The number of aryl methyl sites for hydroxylation is 1. The molecule has 0 atom stereocenters. The summed E-state index contributed by atoms with van der Waals surface area (Å²) in [5.41, 5.74) is 1.26. The van der Waals surface area contributed by atoms with E-state index >= 15 is 0 Å². The van der Waals surface area contributed by atoms with E-state index in [1.165, 1.54) is 5.56 Å². The highest BCUT2D eigenvalue weighted by Crippen LogP contribution is 2.01. The molecule has 0 saturated heterocycles. The molecule has 1 rings (SSSR count). The Morgan fingerprint density at radius 3 is 2.40 bits per heavy atom. The van der Waals surface area contributed by atoms with Crippen molar-refractivity contribution >= 4 is 5.82 Å². The molecule has 0 aliphatic carbocycles. The summed E-state index contributed by atoms with van der Waals surface area (Å²) in [6.07, 6.45) is 2.00. The molecule has 0 unspecified atom stereocenters. The summed E-state index contributed by atoms with van der Waals surface area (Å²) >= 11 is 0. The number of aromatic amines is 1. The van der Waals surface area contributed by atoms with Crippen LogP contribution >= 0.6 is 0 Å². The number of nitrogens with one attached hydrogen (secondary N) is 1. The molecule has 1 aromatic heterocycles. The van der Waals surface area contributed by atoms with Gasteiger partial charge in [-0.05, 0) is 18.6 Å². The maximum absolute atomic E-state index is 3.16. The van der Waals surface area contributed by atoms with Crippen molar-refractivity contribution in [2.45, 2.75) is 6.92 Å². The van der Waals surface area contributed by atoms with Gasteiger partial charge in [-0.3, -0.25) is 4.90 Å². The summed E-state index contributed by atoms with van der Waals surface area (Å²) in [6, 6.07) is 4.15. The monoisotopic (exact) mass is 137 g/mol. The maximum Gasteiger partial charge on any atom is 0.273 e. The quantitative estimate of drug-likeness (QED) is 0.561. The molecule has 0 spiro atoms. The van der Waals surface area contributed by atoms with Gasteiger partial charge in [0.2, 0.25) is 0 Å². The lowest BCUT2D eigenvalue weighted by atomic mass is 10.3. The van der Waals surface area contributed by atoms with E-state index in [0.717, 1.165) is 5.82 Å². The van der Waals surface area contributed by atoms with E-state index in [-0.39, 0.29) is 0 Å². The van der Waals surface area contributed by atoms with E-state index in [1.807, 2.05) is 25.2 Å². The van der Waals surface area contributed by atoms with Gasteiger partial charge >= 0.3 is 0 Å². The predicted octanol–water partition coefficient (Wildman–Crippen LogP) is 0.875. The molecule has 2 nitrogen and oxygen atoms in total. The molecule has 1 aromatic rings. The first-order valence-electron chi connectivity index (χ1n) is 3.36. The molecule has 0 bridgehead atoms. The molecule has 1 N–H and O–H groups in total. The van der Waals surface area contributed by atoms with Gasteiger partial charge in [-0.25, -0.2) is 4.98 Å². The first-order chi connectivity index (χ1) is 4.70. The van der Waals surface area contributed by atoms with Gasteiger partial charge in [-0.1, -0.05) is 0 Å². The lowest BCUT2D eigenvalue weighted by Crippen LogP contribution is -2.19. The third kappa shape index (κ3) is 1.47. The standard InChI is InChI=1S/C8H12N2/c1-7-4-5-8(9-6-7)10(2)3/h4-6H,1-3H3/p+1. The molecule has 0 amide bonds. The minimum atomic E-state index is 1.13. The van der Waals surface area contributed by atoms with Gasteiger partial charge in [-0.15, -0.1) is 0 Å². The molecule has 1 heterocycles. The van der Waals surface area contributed by atoms with E-state index in [4.69, 9.17) is 0 Å². The number of hydrogen-bond donors (Lipinski definition) is 0. The molecular formula is C8H13N2+. The Kier molecular flexibility index (Phi) is 1.90. The molecule has 0 aliphatic rings. The molecular weight excluding hydrogens is 124 g/mol. The molecule has 54 valence electrons. The first kappa shape index (κ1) is 7.06. The molecule has 2 heteroatoms. The van der Waals surface area contributed by atoms with Crippen molar-refractivity contribution in [3.63, 3.8) is 0 Å². The second-order valence-electron chi connectivity index (χ2n) is 2.65. The van der Waals surface area contributed by atoms with Gasteiger partial charge in [0, 0.05) is 6.07 Å². The van der Waals surface area contributed by atoms with Gasteiger partial charge in [-0.2, -0.15) is 0 Å². The fourth-order valence-corrected chi connectivity index (χ4v) is 0.773. The van der Waals surface area contributed by atoms with Crippen LogP contribution in [0.15, 0.2) is 18.3 Å². The largest absolute Gasteiger partial charge is 0.273 e. The summed E-state index contributed by atoms with van der Waals surface area (Å²) in [4.78, 5) is 5.20. The molecule has 0 aromatic carbocycles. The zero-order valence-electron chi connectivity index (χ0n) is 6.68. The molecule has 0 saturated carbocycles. The van der Waals surface area contributed by atoms with E-state index in [2.05, 4.69) is 24.0 Å². The van der Waals surface area contributed by atoms with Crippen LogP contribution in [-0.2, 0) is 0 Å². The van der Waals surface area contributed by atoms with Crippen molar-refractivity contribution in [3.05, 3.63) is 23.9 Å². The van der Waals surface area contributed by atoms with Crippen LogP contribution in [0.4, 0.5) is 5.82 Å². The second kappa shape index (κ2) is 2.69. The second-order valence-corrected chi connectivity index (χ2v) is 2.65. The minimum absolute atomic E-state index is 1.13. The lowest BCUT2D eigenvalue weighted by molar-refractivity contribution is -0.364. The van der Waals surface area contributed by atoms with Gasteiger partial charge in [0.25, 0.3) is 5.82 Å². The van der Waals surface area contributed by atoms with Crippen LogP contribution in [0.1, 0.15) is 5.56 Å². The van der Waals surface area contributed by atoms with E-state index in [0.29, 0.717) is 0 Å². The van der Waals surface area contributed by atoms with Crippen LogP contribution in [0.25, 0.3) is 0 Å². The highest BCUT2D eigenvalue weighted by molar-refractivity contribution is 5.30. The highest BCUT2D eigenvalue weighted by Gasteiger charge is 2.00. The Hall–Kier alpha value is -1.05. The summed E-state index contributed by atoms with van der Waals surface area (Å²) in [6.45, 7) is 2.07. The molecule has 0 aliphatic heterocycles.